The molecule has 1 aromatic heterocycles. The van der Waals surface area contributed by atoms with E-state index in [1.165, 1.54) is 12.4 Å². The van der Waals surface area contributed by atoms with Crippen LogP contribution in [0.25, 0.3) is 6.20 Å². The van der Waals surface area contributed by atoms with Crippen LogP contribution in [0.2, 0.25) is 0 Å². The minimum atomic E-state index is -0.601. The standard InChI is InChI=1S/C10H12N2O4/c1-3-16-8(13)4-5-12-6-7(2)9(14)11-10(12)15/h4-6H,3H2,1-2H3,(H,11,14,15). The average molecular weight is 224 g/mol. The molecular formula is C10H12N2O4. The molecule has 0 spiro atoms. The van der Waals surface area contributed by atoms with Crippen molar-refractivity contribution in [2.45, 2.75) is 13.8 Å². The summed E-state index contributed by atoms with van der Waals surface area (Å²) in [5, 5.41) is 0. The normalized spacial score (nSPS) is 10.6. The van der Waals surface area contributed by atoms with Crippen LogP contribution >= 0.6 is 0 Å². The van der Waals surface area contributed by atoms with Crippen LogP contribution in [0, 0.1) is 6.92 Å². The van der Waals surface area contributed by atoms with Gasteiger partial charge in [0.15, 0.2) is 0 Å². The average Bonchev–Trinajstić information content (AvgIpc) is 2.22. The molecule has 0 atom stereocenters. The summed E-state index contributed by atoms with van der Waals surface area (Å²) in [7, 11) is 0. The van der Waals surface area contributed by atoms with Crippen LogP contribution in [0.15, 0.2) is 21.9 Å². The van der Waals surface area contributed by atoms with Gasteiger partial charge < -0.3 is 4.74 Å². The van der Waals surface area contributed by atoms with Gasteiger partial charge >= 0.3 is 11.7 Å². The molecule has 0 saturated carbocycles. The Kier molecular flexibility index (Phi) is 3.82. The number of H-pyrrole nitrogens is 1. The third-order valence-electron chi connectivity index (χ3n) is 1.80. The van der Waals surface area contributed by atoms with Gasteiger partial charge in [0.25, 0.3) is 5.56 Å². The summed E-state index contributed by atoms with van der Waals surface area (Å²) in [5.41, 5.74) is -0.657. The molecule has 0 saturated heterocycles. The highest BCUT2D eigenvalue weighted by molar-refractivity contribution is 5.84. The molecular weight excluding hydrogens is 212 g/mol. The van der Waals surface area contributed by atoms with E-state index in [-0.39, 0.29) is 6.61 Å². The van der Waals surface area contributed by atoms with E-state index in [1.54, 1.807) is 13.8 Å². The van der Waals surface area contributed by atoms with E-state index in [0.29, 0.717) is 5.56 Å². The molecule has 6 heteroatoms. The molecule has 0 amide bonds. The van der Waals surface area contributed by atoms with E-state index < -0.39 is 17.2 Å². The fraction of sp³-hybridized carbons (Fsp3) is 0.300. The molecule has 0 bridgehead atoms. The van der Waals surface area contributed by atoms with Crippen LogP contribution in [0.4, 0.5) is 0 Å². The lowest BCUT2D eigenvalue weighted by molar-refractivity contribution is -0.137. The predicted octanol–water partition coefficient (Wildman–Crippen LogP) is -0.121. The molecule has 0 radical (unpaired) electrons. The lowest BCUT2D eigenvalue weighted by Crippen LogP contribution is -2.28. The monoisotopic (exact) mass is 224 g/mol. The number of aromatic amines is 1. The zero-order valence-electron chi connectivity index (χ0n) is 9.02. The van der Waals surface area contributed by atoms with Gasteiger partial charge in [-0.1, -0.05) is 0 Å². The summed E-state index contributed by atoms with van der Waals surface area (Å²) < 4.78 is 5.75. The van der Waals surface area contributed by atoms with E-state index in [2.05, 4.69) is 9.72 Å². The lowest BCUT2D eigenvalue weighted by Gasteiger charge is -1.99. The summed E-state index contributed by atoms with van der Waals surface area (Å²) >= 11 is 0. The first kappa shape index (κ1) is 12.0. The Hall–Kier alpha value is -2.11. The van der Waals surface area contributed by atoms with E-state index in [1.807, 2.05) is 0 Å². The number of nitrogens with zero attached hydrogens (tertiary/aromatic N) is 1. The smallest absolute Gasteiger partial charge is 0.332 e. The maximum atomic E-state index is 11.3. The van der Waals surface area contributed by atoms with Gasteiger partial charge in [-0.25, -0.2) is 9.59 Å². The molecule has 16 heavy (non-hydrogen) atoms. The largest absolute Gasteiger partial charge is 0.463 e. The van der Waals surface area contributed by atoms with Gasteiger partial charge in [-0.05, 0) is 13.8 Å². The number of nitrogens with one attached hydrogen (secondary N) is 1. The van der Waals surface area contributed by atoms with Crippen LogP contribution in [0.3, 0.4) is 0 Å². The Morgan fingerprint density at radius 2 is 2.25 bits per heavy atom. The van der Waals surface area contributed by atoms with Gasteiger partial charge in [-0.15, -0.1) is 0 Å². The van der Waals surface area contributed by atoms with Gasteiger partial charge in [-0.2, -0.15) is 0 Å². The highest BCUT2D eigenvalue weighted by atomic mass is 16.5. The predicted molar refractivity (Wildman–Crippen MR) is 58.0 cm³/mol. The number of esters is 1. The molecule has 1 rings (SSSR count). The number of hydrogen-bond donors (Lipinski definition) is 1. The molecule has 0 aliphatic heterocycles. The van der Waals surface area contributed by atoms with Crippen molar-refractivity contribution in [2.24, 2.45) is 0 Å². The lowest BCUT2D eigenvalue weighted by atomic mass is 10.4. The zero-order valence-corrected chi connectivity index (χ0v) is 9.02. The van der Waals surface area contributed by atoms with Crippen molar-refractivity contribution in [1.82, 2.24) is 9.55 Å². The van der Waals surface area contributed by atoms with Gasteiger partial charge in [-0.3, -0.25) is 14.3 Å². The van der Waals surface area contributed by atoms with Gasteiger partial charge in [0.2, 0.25) is 0 Å². The second-order valence-electron chi connectivity index (χ2n) is 3.05. The number of ether oxygens (including phenoxy) is 1. The molecule has 86 valence electrons. The van der Waals surface area contributed by atoms with Gasteiger partial charge in [0.05, 0.1) is 6.61 Å². The third-order valence-corrected chi connectivity index (χ3v) is 1.80. The quantitative estimate of drug-likeness (QED) is 0.573. The SMILES string of the molecule is CCOC(=O)C=Cn1cc(C)c(=O)[nH]c1=O. The summed E-state index contributed by atoms with van der Waals surface area (Å²) in [6.45, 7) is 3.51. The minimum Gasteiger partial charge on any atom is -0.463 e. The number of hydrogen-bond acceptors (Lipinski definition) is 4. The maximum absolute atomic E-state index is 11.3. The Morgan fingerprint density at radius 3 is 2.88 bits per heavy atom. The first-order valence-corrected chi connectivity index (χ1v) is 4.71. The molecule has 1 aromatic rings. The number of carbonyl (C=O) groups excluding carboxylic acids is 1. The molecule has 1 heterocycles. The zero-order chi connectivity index (χ0) is 12.1. The molecule has 0 aromatic carbocycles. The van der Waals surface area contributed by atoms with Gasteiger partial charge in [0.1, 0.15) is 0 Å². The topological polar surface area (TPSA) is 81.2 Å². The molecule has 1 N–H and O–H groups in total. The highest BCUT2D eigenvalue weighted by Crippen LogP contribution is 1.87. The van der Waals surface area contributed by atoms with Crippen molar-refractivity contribution < 1.29 is 9.53 Å². The number of rotatable bonds is 3. The summed E-state index contributed by atoms with van der Waals surface area (Å²) in [5.74, 6) is -0.543. The fourth-order valence-corrected chi connectivity index (χ4v) is 1.03. The maximum Gasteiger partial charge on any atom is 0.332 e. The van der Waals surface area contributed by atoms with Crippen molar-refractivity contribution in [3.8, 4) is 0 Å². The fourth-order valence-electron chi connectivity index (χ4n) is 1.03. The van der Waals surface area contributed by atoms with E-state index in [4.69, 9.17) is 0 Å². The van der Waals surface area contributed by atoms with Crippen molar-refractivity contribution in [3.63, 3.8) is 0 Å². The third kappa shape index (κ3) is 2.94. The summed E-state index contributed by atoms with van der Waals surface area (Å²) in [4.78, 5) is 35.4. The first-order valence-electron chi connectivity index (χ1n) is 4.71. The van der Waals surface area contributed by atoms with Crippen molar-refractivity contribution in [2.75, 3.05) is 6.61 Å². The Bertz CT molecular complexity index is 524. The molecule has 0 aliphatic rings. The second kappa shape index (κ2) is 5.11. The number of aryl methyl sites for hydroxylation is 1. The molecule has 0 aliphatic carbocycles. The van der Waals surface area contributed by atoms with Crippen LogP contribution in [-0.4, -0.2) is 22.1 Å². The molecule has 6 nitrogen and oxygen atoms in total. The Labute approximate surface area is 91.2 Å². The summed E-state index contributed by atoms with van der Waals surface area (Å²) in [6, 6.07) is 0. The van der Waals surface area contributed by atoms with Crippen molar-refractivity contribution >= 4 is 12.2 Å². The van der Waals surface area contributed by atoms with E-state index >= 15 is 0 Å². The Balaban J connectivity index is 2.98. The van der Waals surface area contributed by atoms with Crippen LogP contribution < -0.4 is 11.2 Å². The summed E-state index contributed by atoms with van der Waals surface area (Å²) in [6.07, 6.45) is 3.70. The van der Waals surface area contributed by atoms with Crippen molar-refractivity contribution in [3.05, 3.63) is 38.7 Å². The van der Waals surface area contributed by atoms with Crippen molar-refractivity contribution in [1.29, 1.82) is 0 Å². The highest BCUT2D eigenvalue weighted by Gasteiger charge is 1.98. The molecule has 0 unspecified atom stereocenters. The van der Waals surface area contributed by atoms with Gasteiger partial charge in [0, 0.05) is 24.0 Å². The minimum absolute atomic E-state index is 0.267. The van der Waals surface area contributed by atoms with E-state index in [0.717, 1.165) is 10.6 Å². The number of aromatic nitrogens is 2. The number of carbonyl (C=O) groups is 1. The first-order chi connectivity index (χ1) is 7.54. The van der Waals surface area contributed by atoms with Crippen LogP contribution in [0.5, 0.6) is 0 Å². The van der Waals surface area contributed by atoms with Crippen LogP contribution in [-0.2, 0) is 9.53 Å². The van der Waals surface area contributed by atoms with E-state index in [9.17, 15) is 14.4 Å². The molecule has 0 fully saturated rings. The second-order valence-corrected chi connectivity index (χ2v) is 3.05. The Morgan fingerprint density at radius 1 is 1.56 bits per heavy atom. The van der Waals surface area contributed by atoms with Crippen LogP contribution in [0.1, 0.15) is 12.5 Å².